The minimum atomic E-state index is -0.829. The molecule has 2 aromatic rings. The summed E-state index contributed by atoms with van der Waals surface area (Å²) in [5.41, 5.74) is 2.48. The monoisotopic (exact) mass is 359 g/mol. The zero-order valence-corrected chi connectivity index (χ0v) is 14.8. The quantitative estimate of drug-likeness (QED) is 0.859. The molecule has 26 heavy (non-hydrogen) atoms. The van der Waals surface area contributed by atoms with Crippen LogP contribution in [0.15, 0.2) is 30.5 Å². The van der Waals surface area contributed by atoms with Gasteiger partial charge in [0.2, 0.25) is 5.91 Å². The van der Waals surface area contributed by atoms with Gasteiger partial charge in [0, 0.05) is 17.2 Å². The minimum absolute atomic E-state index is 0.116. The fourth-order valence-electron chi connectivity index (χ4n) is 3.54. The number of hydrogen-bond acceptors (Lipinski definition) is 3. The Morgan fingerprint density at radius 1 is 1.27 bits per heavy atom. The van der Waals surface area contributed by atoms with Crippen LogP contribution in [0.2, 0.25) is 0 Å². The van der Waals surface area contributed by atoms with Crippen molar-refractivity contribution in [3.8, 4) is 5.69 Å². The number of rotatable bonds is 5. The number of carbonyl (C=O) groups excluding carboxylic acids is 1. The van der Waals surface area contributed by atoms with Gasteiger partial charge >= 0.3 is 5.97 Å². The summed E-state index contributed by atoms with van der Waals surface area (Å²) in [5.74, 6) is -1.94. The fraction of sp³-hybridized carbons (Fsp3) is 0.421. The number of aliphatic carboxylic acids is 1. The average molecular weight is 359 g/mol. The number of nitrogens with zero attached hydrogens (tertiary/aromatic N) is 2. The molecule has 6 nitrogen and oxygen atoms in total. The summed E-state index contributed by atoms with van der Waals surface area (Å²) in [4.78, 5) is 23.5. The first-order chi connectivity index (χ1) is 12.4. The molecular weight excluding hydrogens is 337 g/mol. The highest BCUT2D eigenvalue weighted by molar-refractivity contribution is 5.81. The number of nitrogens with one attached hydrogen (secondary N) is 1. The smallest absolute Gasteiger partial charge is 0.306 e. The van der Waals surface area contributed by atoms with Gasteiger partial charge in [0.15, 0.2) is 0 Å². The van der Waals surface area contributed by atoms with Crippen molar-refractivity contribution in [3.63, 3.8) is 0 Å². The predicted octanol–water partition coefficient (Wildman–Crippen LogP) is 3.00. The second-order valence-corrected chi connectivity index (χ2v) is 6.85. The molecule has 0 saturated heterocycles. The molecule has 0 bridgehead atoms. The molecule has 1 unspecified atom stereocenters. The van der Waals surface area contributed by atoms with Crippen LogP contribution in [0.3, 0.4) is 0 Å². The molecule has 1 aromatic heterocycles. The summed E-state index contributed by atoms with van der Waals surface area (Å²) in [5, 5.41) is 16.4. The van der Waals surface area contributed by atoms with E-state index in [0.717, 1.165) is 16.9 Å². The maximum absolute atomic E-state index is 13.1. The van der Waals surface area contributed by atoms with Crippen LogP contribution in [-0.4, -0.2) is 26.8 Å². The van der Waals surface area contributed by atoms with Gasteiger partial charge in [-0.1, -0.05) is 0 Å². The number of carboxylic acids is 1. The molecule has 0 spiro atoms. The summed E-state index contributed by atoms with van der Waals surface area (Å²) in [6, 6.07) is 5.79. The molecule has 3 atom stereocenters. The molecular formula is C19H22FN3O3. The zero-order chi connectivity index (χ0) is 18.8. The highest BCUT2D eigenvalue weighted by Gasteiger charge is 2.34. The third-order valence-corrected chi connectivity index (χ3v) is 5.10. The molecule has 1 aliphatic rings. The Bertz CT molecular complexity index is 816. The molecule has 1 amide bonds. The van der Waals surface area contributed by atoms with E-state index >= 15 is 0 Å². The van der Waals surface area contributed by atoms with Gasteiger partial charge in [-0.05, 0) is 57.4 Å². The molecule has 0 radical (unpaired) electrons. The van der Waals surface area contributed by atoms with Crippen molar-refractivity contribution in [1.29, 1.82) is 0 Å². The Kier molecular flexibility index (Phi) is 5.06. The number of hydrogen-bond donors (Lipinski definition) is 2. The van der Waals surface area contributed by atoms with Crippen molar-refractivity contribution < 1.29 is 19.1 Å². The van der Waals surface area contributed by atoms with Gasteiger partial charge in [0.25, 0.3) is 0 Å². The Balaban J connectivity index is 1.69. The Hall–Kier alpha value is -2.70. The molecule has 1 heterocycles. The van der Waals surface area contributed by atoms with Crippen LogP contribution in [0, 0.1) is 24.6 Å². The van der Waals surface area contributed by atoms with Crippen LogP contribution in [-0.2, 0) is 9.59 Å². The van der Waals surface area contributed by atoms with E-state index in [-0.39, 0.29) is 23.7 Å². The van der Waals surface area contributed by atoms with Crippen LogP contribution in [0.5, 0.6) is 0 Å². The van der Waals surface area contributed by atoms with Crippen molar-refractivity contribution in [2.45, 2.75) is 39.2 Å². The fourth-order valence-corrected chi connectivity index (χ4v) is 3.54. The Morgan fingerprint density at radius 3 is 2.54 bits per heavy atom. The van der Waals surface area contributed by atoms with Crippen molar-refractivity contribution in [2.75, 3.05) is 0 Å². The third kappa shape index (κ3) is 3.61. The standard InChI is InChI=1S/C19H22FN3O3/c1-11(22-18(24)13-3-4-14(9-13)19(25)26)17-10-21-23(12(17)2)16-7-5-15(20)6-8-16/h5-8,10-11,13-14H,3-4,9H2,1-2H3,(H,22,24)(H,25,26)/t11?,13-,14+/m1/s1. The largest absolute Gasteiger partial charge is 0.481 e. The number of amides is 1. The molecule has 3 rings (SSSR count). The van der Waals surface area contributed by atoms with Crippen LogP contribution in [0.25, 0.3) is 5.69 Å². The maximum atomic E-state index is 13.1. The summed E-state index contributed by atoms with van der Waals surface area (Å²) in [6.45, 7) is 3.77. The van der Waals surface area contributed by atoms with Crippen molar-refractivity contribution in [1.82, 2.24) is 15.1 Å². The van der Waals surface area contributed by atoms with E-state index in [0.29, 0.717) is 19.3 Å². The number of aromatic nitrogens is 2. The second kappa shape index (κ2) is 7.27. The van der Waals surface area contributed by atoms with Crippen molar-refractivity contribution in [3.05, 3.63) is 47.5 Å². The average Bonchev–Trinajstić information content (AvgIpc) is 3.23. The molecule has 138 valence electrons. The normalized spacial score (nSPS) is 20.7. The lowest BCUT2D eigenvalue weighted by Crippen LogP contribution is -2.32. The lowest BCUT2D eigenvalue weighted by Gasteiger charge is -2.17. The topological polar surface area (TPSA) is 84.2 Å². The molecule has 2 N–H and O–H groups in total. The highest BCUT2D eigenvalue weighted by Crippen LogP contribution is 2.32. The van der Waals surface area contributed by atoms with E-state index in [1.807, 2.05) is 13.8 Å². The third-order valence-electron chi connectivity index (χ3n) is 5.10. The van der Waals surface area contributed by atoms with Gasteiger partial charge in [0.1, 0.15) is 5.82 Å². The number of carboxylic acid groups (broad SMARTS) is 1. The molecule has 0 aliphatic heterocycles. The van der Waals surface area contributed by atoms with E-state index in [1.165, 1.54) is 12.1 Å². The van der Waals surface area contributed by atoms with E-state index in [4.69, 9.17) is 5.11 Å². The van der Waals surface area contributed by atoms with Gasteiger partial charge in [-0.2, -0.15) is 5.10 Å². The highest BCUT2D eigenvalue weighted by atomic mass is 19.1. The first-order valence-corrected chi connectivity index (χ1v) is 8.70. The SMILES string of the molecule is Cc1c(C(C)NC(=O)[C@@H]2CC[C@H](C(=O)O)C2)cnn1-c1ccc(F)cc1. The molecule has 1 saturated carbocycles. The molecule has 1 fully saturated rings. The number of benzene rings is 1. The predicted molar refractivity (Wildman–Crippen MR) is 93.3 cm³/mol. The lowest BCUT2D eigenvalue weighted by atomic mass is 10.0. The Morgan fingerprint density at radius 2 is 1.92 bits per heavy atom. The van der Waals surface area contributed by atoms with Crippen LogP contribution in [0.1, 0.15) is 43.5 Å². The first kappa shape index (κ1) is 18.1. The van der Waals surface area contributed by atoms with Gasteiger partial charge in [0.05, 0.1) is 23.8 Å². The lowest BCUT2D eigenvalue weighted by molar-refractivity contribution is -0.141. The summed E-state index contributed by atoms with van der Waals surface area (Å²) < 4.78 is 14.8. The number of halogens is 1. The Labute approximate surface area is 151 Å². The molecule has 1 aliphatic carbocycles. The molecule has 1 aromatic carbocycles. The van der Waals surface area contributed by atoms with Crippen LogP contribution < -0.4 is 5.32 Å². The minimum Gasteiger partial charge on any atom is -0.481 e. The van der Waals surface area contributed by atoms with E-state index in [2.05, 4.69) is 10.4 Å². The van der Waals surface area contributed by atoms with E-state index in [1.54, 1.807) is 23.0 Å². The summed E-state index contributed by atoms with van der Waals surface area (Å²) in [6.07, 6.45) is 3.23. The second-order valence-electron chi connectivity index (χ2n) is 6.85. The summed E-state index contributed by atoms with van der Waals surface area (Å²) >= 11 is 0. The first-order valence-electron chi connectivity index (χ1n) is 8.70. The van der Waals surface area contributed by atoms with Crippen molar-refractivity contribution >= 4 is 11.9 Å². The molecule has 7 heteroatoms. The summed E-state index contributed by atoms with van der Waals surface area (Å²) in [7, 11) is 0. The van der Waals surface area contributed by atoms with Gasteiger partial charge in [-0.15, -0.1) is 0 Å². The van der Waals surface area contributed by atoms with Gasteiger partial charge < -0.3 is 10.4 Å². The number of carbonyl (C=O) groups is 2. The van der Waals surface area contributed by atoms with Gasteiger partial charge in [-0.3, -0.25) is 9.59 Å². The van der Waals surface area contributed by atoms with Crippen LogP contribution >= 0.6 is 0 Å². The van der Waals surface area contributed by atoms with E-state index < -0.39 is 11.9 Å². The maximum Gasteiger partial charge on any atom is 0.306 e. The van der Waals surface area contributed by atoms with Crippen molar-refractivity contribution in [2.24, 2.45) is 11.8 Å². The van der Waals surface area contributed by atoms with Crippen LogP contribution in [0.4, 0.5) is 4.39 Å². The van der Waals surface area contributed by atoms with E-state index in [9.17, 15) is 14.0 Å². The van der Waals surface area contributed by atoms with Gasteiger partial charge in [-0.25, -0.2) is 9.07 Å². The zero-order valence-electron chi connectivity index (χ0n) is 14.8.